The highest BCUT2D eigenvalue weighted by Gasteiger charge is 2.14. The third-order valence-corrected chi connectivity index (χ3v) is 4.55. The van der Waals surface area contributed by atoms with Gasteiger partial charge in [0.1, 0.15) is 0 Å². The molecule has 0 aromatic carbocycles. The van der Waals surface area contributed by atoms with Crippen LogP contribution in [0.15, 0.2) is 30.2 Å². The molecule has 0 saturated heterocycles. The molecule has 106 valence electrons. The normalized spacial score (nSPS) is 11.5. The molecule has 0 saturated carbocycles. The predicted octanol–water partition coefficient (Wildman–Crippen LogP) is 0.854. The van der Waals surface area contributed by atoms with Gasteiger partial charge in [0.25, 0.3) is 0 Å². The zero-order chi connectivity index (χ0) is 14.3. The lowest BCUT2D eigenvalue weighted by atomic mass is 10.3. The van der Waals surface area contributed by atoms with Crippen molar-refractivity contribution in [3.05, 3.63) is 35.0 Å². The zero-order valence-electron chi connectivity index (χ0n) is 10.8. The van der Waals surface area contributed by atoms with Gasteiger partial charge in [0.15, 0.2) is 0 Å². The molecular formula is C12H18N2O3S2. The number of thiophene rings is 1. The number of carbonyl (C=O) groups is 1. The molecule has 0 aliphatic rings. The van der Waals surface area contributed by atoms with E-state index >= 15 is 0 Å². The van der Waals surface area contributed by atoms with Crippen LogP contribution in [0.3, 0.4) is 0 Å². The topological polar surface area (TPSA) is 66.5 Å². The van der Waals surface area contributed by atoms with E-state index in [2.05, 4.69) is 11.9 Å². The molecule has 1 amide bonds. The molecule has 1 aromatic heterocycles. The predicted molar refractivity (Wildman–Crippen MR) is 77.6 cm³/mol. The summed E-state index contributed by atoms with van der Waals surface area (Å²) in [5.74, 6) is -0.102. The first-order valence-electron chi connectivity index (χ1n) is 5.78. The van der Waals surface area contributed by atoms with Gasteiger partial charge in [-0.2, -0.15) is 4.31 Å². The fourth-order valence-electron chi connectivity index (χ4n) is 1.49. The van der Waals surface area contributed by atoms with E-state index in [0.717, 1.165) is 11.1 Å². The molecule has 1 aromatic rings. The highest BCUT2D eigenvalue weighted by molar-refractivity contribution is 7.88. The maximum absolute atomic E-state index is 11.6. The molecule has 7 heteroatoms. The molecule has 0 unspecified atom stereocenters. The SMILES string of the molecule is C=CCN(CCNC(=O)Cc1cccs1)S(C)(=O)=O. The van der Waals surface area contributed by atoms with Crippen molar-refractivity contribution in [1.82, 2.24) is 9.62 Å². The fraction of sp³-hybridized carbons (Fsp3) is 0.417. The summed E-state index contributed by atoms with van der Waals surface area (Å²) in [7, 11) is -3.26. The third kappa shape index (κ3) is 6.00. The van der Waals surface area contributed by atoms with Crippen molar-refractivity contribution in [2.24, 2.45) is 0 Å². The minimum atomic E-state index is -3.26. The lowest BCUT2D eigenvalue weighted by Gasteiger charge is -2.18. The summed E-state index contributed by atoms with van der Waals surface area (Å²) in [5.41, 5.74) is 0. The second-order valence-electron chi connectivity index (χ2n) is 4.02. The number of sulfonamides is 1. The van der Waals surface area contributed by atoms with Gasteiger partial charge in [-0.1, -0.05) is 12.1 Å². The van der Waals surface area contributed by atoms with Crippen molar-refractivity contribution in [3.63, 3.8) is 0 Å². The van der Waals surface area contributed by atoms with Crippen molar-refractivity contribution in [2.45, 2.75) is 6.42 Å². The molecule has 1 rings (SSSR count). The van der Waals surface area contributed by atoms with Gasteiger partial charge in [-0.25, -0.2) is 8.42 Å². The molecule has 0 aliphatic carbocycles. The Kier molecular flexibility index (Phi) is 6.20. The molecule has 1 heterocycles. The third-order valence-electron chi connectivity index (χ3n) is 2.40. The Hall–Kier alpha value is -1.18. The van der Waals surface area contributed by atoms with Crippen LogP contribution < -0.4 is 5.32 Å². The second kappa shape index (κ2) is 7.42. The van der Waals surface area contributed by atoms with Crippen LogP contribution in [-0.4, -0.2) is 44.5 Å². The largest absolute Gasteiger partial charge is 0.354 e. The van der Waals surface area contributed by atoms with E-state index in [4.69, 9.17) is 0 Å². The first-order chi connectivity index (χ1) is 8.93. The Labute approximate surface area is 118 Å². The number of nitrogens with zero attached hydrogens (tertiary/aromatic N) is 1. The smallest absolute Gasteiger partial charge is 0.225 e. The van der Waals surface area contributed by atoms with E-state index in [0.29, 0.717) is 13.0 Å². The number of hydrogen-bond acceptors (Lipinski definition) is 4. The lowest BCUT2D eigenvalue weighted by molar-refractivity contribution is -0.120. The fourth-order valence-corrected chi connectivity index (χ4v) is 2.99. The molecule has 5 nitrogen and oxygen atoms in total. The van der Waals surface area contributed by atoms with Gasteiger partial charge in [-0.3, -0.25) is 4.79 Å². The van der Waals surface area contributed by atoms with Gasteiger partial charge in [0.2, 0.25) is 15.9 Å². The van der Waals surface area contributed by atoms with Crippen molar-refractivity contribution >= 4 is 27.3 Å². The molecule has 0 atom stereocenters. The minimum Gasteiger partial charge on any atom is -0.354 e. The van der Waals surface area contributed by atoms with E-state index in [9.17, 15) is 13.2 Å². The van der Waals surface area contributed by atoms with E-state index in [1.165, 1.54) is 21.7 Å². The van der Waals surface area contributed by atoms with Gasteiger partial charge in [-0.15, -0.1) is 17.9 Å². The van der Waals surface area contributed by atoms with Crippen molar-refractivity contribution in [2.75, 3.05) is 25.9 Å². The van der Waals surface area contributed by atoms with Crippen LogP contribution in [0, 0.1) is 0 Å². The second-order valence-corrected chi connectivity index (χ2v) is 7.03. The highest BCUT2D eigenvalue weighted by atomic mass is 32.2. The van der Waals surface area contributed by atoms with Gasteiger partial charge in [0.05, 0.1) is 12.7 Å². The van der Waals surface area contributed by atoms with Crippen molar-refractivity contribution in [3.8, 4) is 0 Å². The Morgan fingerprint density at radius 3 is 2.84 bits per heavy atom. The van der Waals surface area contributed by atoms with E-state index < -0.39 is 10.0 Å². The molecule has 0 bridgehead atoms. The monoisotopic (exact) mass is 302 g/mol. The number of amides is 1. The Balaban J connectivity index is 2.35. The summed E-state index contributed by atoms with van der Waals surface area (Å²) in [4.78, 5) is 12.6. The van der Waals surface area contributed by atoms with Crippen molar-refractivity contribution in [1.29, 1.82) is 0 Å². The maximum Gasteiger partial charge on any atom is 0.225 e. The van der Waals surface area contributed by atoms with Gasteiger partial charge in [0, 0.05) is 24.5 Å². The van der Waals surface area contributed by atoms with Crippen LogP contribution >= 0.6 is 11.3 Å². The summed E-state index contributed by atoms with van der Waals surface area (Å²) < 4.78 is 24.1. The average molecular weight is 302 g/mol. The number of carbonyl (C=O) groups excluding carboxylic acids is 1. The molecular weight excluding hydrogens is 284 g/mol. The van der Waals surface area contributed by atoms with Crippen LogP contribution in [0.5, 0.6) is 0 Å². The summed E-state index contributed by atoms with van der Waals surface area (Å²) in [5, 5.41) is 4.62. The summed E-state index contributed by atoms with van der Waals surface area (Å²) in [6.07, 6.45) is 3.00. The van der Waals surface area contributed by atoms with Gasteiger partial charge >= 0.3 is 0 Å². The first kappa shape index (κ1) is 15.9. The summed E-state index contributed by atoms with van der Waals surface area (Å²) in [6.45, 7) is 4.31. The van der Waals surface area contributed by atoms with Crippen LogP contribution in [0.2, 0.25) is 0 Å². The number of rotatable bonds is 8. The van der Waals surface area contributed by atoms with E-state index in [1.54, 1.807) is 0 Å². The standard InChI is InChI=1S/C12H18N2O3S2/c1-3-7-14(19(2,16)17)8-6-13-12(15)10-11-5-4-9-18-11/h3-5,9H,1,6-8,10H2,2H3,(H,13,15). The zero-order valence-corrected chi connectivity index (χ0v) is 12.5. The Morgan fingerprint density at radius 1 is 1.58 bits per heavy atom. The molecule has 1 N–H and O–H groups in total. The highest BCUT2D eigenvalue weighted by Crippen LogP contribution is 2.08. The number of hydrogen-bond donors (Lipinski definition) is 1. The maximum atomic E-state index is 11.6. The van der Waals surface area contributed by atoms with E-state index in [-0.39, 0.29) is 19.0 Å². The van der Waals surface area contributed by atoms with Crippen LogP contribution in [-0.2, 0) is 21.2 Å². The first-order valence-corrected chi connectivity index (χ1v) is 8.51. The van der Waals surface area contributed by atoms with Gasteiger partial charge in [-0.05, 0) is 11.4 Å². The summed E-state index contributed by atoms with van der Waals surface area (Å²) >= 11 is 1.52. The van der Waals surface area contributed by atoms with Crippen LogP contribution in [0.4, 0.5) is 0 Å². The lowest BCUT2D eigenvalue weighted by Crippen LogP contribution is -2.38. The van der Waals surface area contributed by atoms with E-state index in [1.807, 2.05) is 17.5 Å². The molecule has 19 heavy (non-hydrogen) atoms. The average Bonchev–Trinajstić information content (AvgIpc) is 2.79. The molecule has 0 aliphatic heterocycles. The molecule has 0 fully saturated rings. The minimum absolute atomic E-state index is 0.102. The Bertz CT molecular complexity index is 509. The Morgan fingerprint density at radius 2 is 2.32 bits per heavy atom. The van der Waals surface area contributed by atoms with Crippen LogP contribution in [0.25, 0.3) is 0 Å². The summed E-state index contributed by atoms with van der Waals surface area (Å²) in [6, 6.07) is 3.79. The number of nitrogens with one attached hydrogen (secondary N) is 1. The van der Waals surface area contributed by atoms with Crippen LogP contribution in [0.1, 0.15) is 4.88 Å². The van der Waals surface area contributed by atoms with Gasteiger partial charge < -0.3 is 5.32 Å². The quantitative estimate of drug-likeness (QED) is 0.724. The van der Waals surface area contributed by atoms with Crippen molar-refractivity contribution < 1.29 is 13.2 Å². The molecule has 0 spiro atoms. The molecule has 0 radical (unpaired) electrons.